The van der Waals surface area contributed by atoms with E-state index in [0.717, 1.165) is 16.0 Å². The van der Waals surface area contributed by atoms with Crippen LogP contribution in [0.1, 0.15) is 28.6 Å². The van der Waals surface area contributed by atoms with E-state index in [4.69, 9.17) is 0 Å². The summed E-state index contributed by atoms with van der Waals surface area (Å²) in [5, 5.41) is 11.2. The fourth-order valence-corrected chi connectivity index (χ4v) is 4.16. The maximum atomic E-state index is 12.9. The van der Waals surface area contributed by atoms with E-state index in [1.165, 1.54) is 16.9 Å². The van der Waals surface area contributed by atoms with Crippen LogP contribution in [0, 0.1) is 18.8 Å². The van der Waals surface area contributed by atoms with Crippen LogP contribution in [0.25, 0.3) is 11.1 Å². The van der Waals surface area contributed by atoms with Gasteiger partial charge >= 0.3 is 5.97 Å². The minimum absolute atomic E-state index is 0.0104. The molecule has 4 nitrogen and oxygen atoms in total. The molecule has 3 rings (SSSR count). The van der Waals surface area contributed by atoms with Gasteiger partial charge in [-0.05, 0) is 36.3 Å². The van der Waals surface area contributed by atoms with Gasteiger partial charge in [0.2, 0.25) is 0 Å². The summed E-state index contributed by atoms with van der Waals surface area (Å²) < 4.78 is 0. The van der Waals surface area contributed by atoms with Crippen molar-refractivity contribution >= 4 is 23.2 Å². The number of thiophene rings is 1. The van der Waals surface area contributed by atoms with Gasteiger partial charge in [-0.1, -0.05) is 36.8 Å². The Morgan fingerprint density at radius 2 is 1.92 bits per heavy atom. The number of benzene rings is 1. The number of hydrogen-bond acceptors (Lipinski definition) is 3. The Balaban J connectivity index is 1.81. The lowest BCUT2D eigenvalue weighted by Gasteiger charge is -2.34. The number of amides is 1. The predicted octanol–water partition coefficient (Wildman–Crippen LogP) is 3.91. The second-order valence-corrected chi connectivity index (χ2v) is 7.41. The van der Waals surface area contributed by atoms with E-state index >= 15 is 0 Å². The summed E-state index contributed by atoms with van der Waals surface area (Å²) in [5.41, 5.74) is 3.18. The van der Waals surface area contributed by atoms with Crippen LogP contribution in [0.4, 0.5) is 0 Å². The molecule has 0 spiro atoms. The third-order valence-corrected chi connectivity index (χ3v) is 5.63. The molecule has 0 saturated carbocycles. The molecule has 1 amide bonds. The second-order valence-electron chi connectivity index (χ2n) is 6.49. The molecule has 1 saturated heterocycles. The van der Waals surface area contributed by atoms with Crippen molar-refractivity contribution in [3.63, 3.8) is 0 Å². The number of carbonyl (C=O) groups is 2. The van der Waals surface area contributed by atoms with Gasteiger partial charge < -0.3 is 10.0 Å². The molecule has 0 radical (unpaired) electrons. The zero-order valence-corrected chi connectivity index (χ0v) is 14.7. The highest BCUT2D eigenvalue weighted by Gasteiger charge is 2.34. The van der Waals surface area contributed by atoms with E-state index in [0.29, 0.717) is 19.5 Å². The van der Waals surface area contributed by atoms with Gasteiger partial charge in [0.1, 0.15) is 0 Å². The van der Waals surface area contributed by atoms with Crippen molar-refractivity contribution in [2.75, 3.05) is 13.1 Å². The third-order valence-electron chi connectivity index (χ3n) is 4.73. The highest BCUT2D eigenvalue weighted by Crippen LogP contribution is 2.32. The van der Waals surface area contributed by atoms with Gasteiger partial charge in [0.15, 0.2) is 0 Å². The molecule has 5 heteroatoms. The van der Waals surface area contributed by atoms with Crippen molar-refractivity contribution in [1.29, 1.82) is 0 Å². The largest absolute Gasteiger partial charge is 0.481 e. The molecule has 126 valence electrons. The van der Waals surface area contributed by atoms with Gasteiger partial charge in [-0.25, -0.2) is 0 Å². The van der Waals surface area contributed by atoms with Crippen molar-refractivity contribution in [2.45, 2.75) is 20.3 Å². The Morgan fingerprint density at radius 1 is 1.21 bits per heavy atom. The zero-order valence-electron chi connectivity index (χ0n) is 13.9. The van der Waals surface area contributed by atoms with E-state index in [-0.39, 0.29) is 17.7 Å². The summed E-state index contributed by atoms with van der Waals surface area (Å²) in [6.45, 7) is 4.96. The molecule has 1 aliphatic rings. The molecule has 2 heterocycles. The number of hydrogen-bond donors (Lipinski definition) is 1. The number of carbonyl (C=O) groups excluding carboxylic acids is 1. The third kappa shape index (κ3) is 3.22. The van der Waals surface area contributed by atoms with Crippen LogP contribution in [0.3, 0.4) is 0 Å². The van der Waals surface area contributed by atoms with Gasteiger partial charge in [-0.15, -0.1) is 11.3 Å². The normalized spacial score (nSPS) is 20.8. The van der Waals surface area contributed by atoms with Gasteiger partial charge in [-0.3, -0.25) is 9.59 Å². The number of likely N-dealkylation sites (tertiary alicyclic amines) is 1. The molecule has 1 N–H and O–H groups in total. The van der Waals surface area contributed by atoms with Crippen molar-refractivity contribution in [2.24, 2.45) is 11.8 Å². The Morgan fingerprint density at radius 3 is 2.54 bits per heavy atom. The minimum Gasteiger partial charge on any atom is -0.481 e. The number of piperidine rings is 1. The zero-order chi connectivity index (χ0) is 17.3. The molecule has 2 aromatic rings. The number of rotatable bonds is 3. The highest BCUT2D eigenvalue weighted by atomic mass is 32.1. The van der Waals surface area contributed by atoms with Crippen LogP contribution in [0.2, 0.25) is 0 Å². The van der Waals surface area contributed by atoms with Crippen LogP contribution in [-0.2, 0) is 4.79 Å². The number of nitrogens with zero attached hydrogens (tertiary/aromatic N) is 1. The van der Waals surface area contributed by atoms with Crippen molar-refractivity contribution < 1.29 is 14.7 Å². The Bertz CT molecular complexity index is 750. The number of aryl methyl sites for hydroxylation is 1. The van der Waals surface area contributed by atoms with Crippen molar-refractivity contribution in [3.8, 4) is 11.1 Å². The molecule has 0 bridgehead atoms. The fraction of sp³-hybridized carbons (Fsp3) is 0.368. The topological polar surface area (TPSA) is 57.6 Å². The first kappa shape index (κ1) is 16.7. The average molecular weight is 343 g/mol. The van der Waals surface area contributed by atoms with E-state index in [1.54, 1.807) is 4.90 Å². The summed E-state index contributed by atoms with van der Waals surface area (Å²) in [6, 6.07) is 10.1. The molecule has 1 aromatic heterocycles. The maximum absolute atomic E-state index is 12.9. The molecular weight excluding hydrogens is 322 g/mol. The first-order valence-electron chi connectivity index (χ1n) is 8.14. The smallest absolute Gasteiger partial charge is 0.306 e. The van der Waals surface area contributed by atoms with Crippen LogP contribution in [0.15, 0.2) is 35.7 Å². The molecule has 1 aliphatic heterocycles. The first-order chi connectivity index (χ1) is 11.5. The van der Waals surface area contributed by atoms with Gasteiger partial charge in [0, 0.05) is 18.7 Å². The van der Waals surface area contributed by atoms with Gasteiger partial charge in [0.25, 0.3) is 5.91 Å². The summed E-state index contributed by atoms with van der Waals surface area (Å²) in [7, 11) is 0. The van der Waals surface area contributed by atoms with E-state index in [2.05, 4.69) is 0 Å². The number of aliphatic carboxylic acids is 1. The van der Waals surface area contributed by atoms with Gasteiger partial charge in [0.05, 0.1) is 10.8 Å². The SMILES string of the molecule is Cc1ccc(-c2ccsc2C(=O)N2CCC(C(=O)O)C(C)C2)cc1. The van der Waals surface area contributed by atoms with Crippen LogP contribution < -0.4 is 0 Å². The summed E-state index contributed by atoms with van der Waals surface area (Å²) in [6.07, 6.45) is 0.521. The monoisotopic (exact) mass is 343 g/mol. The van der Waals surface area contributed by atoms with E-state index in [9.17, 15) is 14.7 Å². The maximum Gasteiger partial charge on any atom is 0.306 e. The molecular formula is C19H21NO3S. The Labute approximate surface area is 145 Å². The van der Waals surface area contributed by atoms with Crippen molar-refractivity contribution in [1.82, 2.24) is 4.90 Å². The molecule has 0 aliphatic carbocycles. The molecule has 1 aromatic carbocycles. The summed E-state index contributed by atoms with van der Waals surface area (Å²) >= 11 is 1.45. The van der Waals surface area contributed by atoms with Gasteiger partial charge in [-0.2, -0.15) is 0 Å². The lowest BCUT2D eigenvalue weighted by atomic mass is 9.87. The predicted molar refractivity (Wildman–Crippen MR) is 95.3 cm³/mol. The molecule has 2 unspecified atom stereocenters. The lowest BCUT2D eigenvalue weighted by molar-refractivity contribution is -0.145. The quantitative estimate of drug-likeness (QED) is 0.919. The average Bonchev–Trinajstić information content (AvgIpc) is 3.04. The second kappa shape index (κ2) is 6.77. The minimum atomic E-state index is -0.758. The lowest BCUT2D eigenvalue weighted by Crippen LogP contribution is -2.44. The van der Waals surface area contributed by atoms with E-state index in [1.807, 2.05) is 49.6 Å². The Kier molecular flexibility index (Phi) is 4.71. The molecule has 24 heavy (non-hydrogen) atoms. The first-order valence-corrected chi connectivity index (χ1v) is 9.02. The standard InChI is InChI=1S/C19H21NO3S/c1-12-3-5-14(6-4-12)16-8-10-24-17(16)18(21)20-9-7-15(19(22)23)13(2)11-20/h3-6,8,10,13,15H,7,9,11H2,1-2H3,(H,22,23). The fourth-order valence-electron chi connectivity index (χ4n) is 3.28. The Hall–Kier alpha value is -2.14. The summed E-state index contributed by atoms with van der Waals surface area (Å²) in [4.78, 5) is 26.7. The van der Waals surface area contributed by atoms with Crippen LogP contribution in [-0.4, -0.2) is 35.0 Å². The molecule has 1 fully saturated rings. The van der Waals surface area contributed by atoms with E-state index < -0.39 is 5.97 Å². The summed E-state index contributed by atoms with van der Waals surface area (Å²) in [5.74, 6) is -1.13. The molecule has 2 atom stereocenters. The number of carboxylic acids is 1. The number of carboxylic acid groups (broad SMARTS) is 1. The van der Waals surface area contributed by atoms with Crippen molar-refractivity contribution in [3.05, 3.63) is 46.2 Å². The van der Waals surface area contributed by atoms with Crippen LogP contribution in [0.5, 0.6) is 0 Å². The van der Waals surface area contributed by atoms with Crippen LogP contribution >= 0.6 is 11.3 Å². The highest BCUT2D eigenvalue weighted by molar-refractivity contribution is 7.12.